The van der Waals surface area contributed by atoms with E-state index in [9.17, 15) is 4.79 Å². The molecule has 1 aliphatic rings. The molecule has 2 aromatic rings. The molecule has 0 saturated heterocycles. The third-order valence-electron chi connectivity index (χ3n) is 3.57. The van der Waals surface area contributed by atoms with Gasteiger partial charge >= 0.3 is 6.03 Å². The number of tetrazole rings is 1. The Morgan fingerprint density at radius 2 is 2.14 bits per heavy atom. The van der Waals surface area contributed by atoms with E-state index in [4.69, 9.17) is 0 Å². The van der Waals surface area contributed by atoms with Crippen LogP contribution in [0, 0.1) is 0 Å². The van der Waals surface area contributed by atoms with Gasteiger partial charge in [-0.15, -0.1) is 5.10 Å². The highest BCUT2D eigenvalue weighted by Crippen LogP contribution is 2.35. The third kappa shape index (κ3) is 2.46. The van der Waals surface area contributed by atoms with Crippen molar-refractivity contribution in [2.75, 3.05) is 16.8 Å². The first-order valence-corrected chi connectivity index (χ1v) is 7.03. The van der Waals surface area contributed by atoms with E-state index in [2.05, 4.69) is 33.7 Å². The molecule has 3 rings (SSSR count). The van der Waals surface area contributed by atoms with Gasteiger partial charge in [0.1, 0.15) is 0 Å². The van der Waals surface area contributed by atoms with E-state index in [0.29, 0.717) is 12.5 Å². The summed E-state index contributed by atoms with van der Waals surface area (Å²) >= 11 is 0. The molecule has 0 saturated carbocycles. The zero-order valence-electron chi connectivity index (χ0n) is 12.3. The van der Waals surface area contributed by atoms with E-state index < -0.39 is 0 Å². The second-order valence-corrected chi connectivity index (χ2v) is 5.53. The molecule has 0 radical (unpaired) electrons. The van der Waals surface area contributed by atoms with Gasteiger partial charge in [0.25, 0.3) is 5.95 Å². The predicted octanol–water partition coefficient (Wildman–Crippen LogP) is 2.41. The molecule has 7 heteroatoms. The molecule has 1 aromatic heterocycles. The van der Waals surface area contributed by atoms with Crippen molar-refractivity contribution in [3.63, 3.8) is 0 Å². The number of nitrogens with zero attached hydrogens (tertiary/aromatic N) is 5. The first kappa shape index (κ1) is 13.5. The minimum Gasteiger partial charge on any atom is -0.293 e. The molecule has 7 nitrogen and oxygen atoms in total. The van der Waals surface area contributed by atoms with Gasteiger partial charge in [0.05, 0.1) is 6.04 Å². The molecule has 1 N–H and O–H groups in total. The maximum Gasteiger partial charge on any atom is 0.328 e. The predicted molar refractivity (Wildman–Crippen MR) is 79.4 cm³/mol. The smallest absolute Gasteiger partial charge is 0.293 e. The molecule has 1 aromatic carbocycles. The van der Waals surface area contributed by atoms with Gasteiger partial charge in [-0.2, -0.15) is 4.80 Å². The lowest BCUT2D eigenvalue weighted by Gasteiger charge is -2.16. The van der Waals surface area contributed by atoms with E-state index in [1.165, 1.54) is 10.4 Å². The topological polar surface area (TPSA) is 75.9 Å². The summed E-state index contributed by atoms with van der Waals surface area (Å²) in [5.74, 6) is 0.553. The van der Waals surface area contributed by atoms with Gasteiger partial charge < -0.3 is 0 Å². The van der Waals surface area contributed by atoms with Crippen molar-refractivity contribution in [3.8, 4) is 0 Å². The zero-order valence-corrected chi connectivity index (χ0v) is 12.3. The first-order chi connectivity index (χ1) is 10.1. The van der Waals surface area contributed by atoms with E-state index >= 15 is 0 Å². The minimum atomic E-state index is -0.227. The molecular formula is C14H18N6O. The summed E-state index contributed by atoms with van der Waals surface area (Å²) in [6.45, 7) is 6.67. The average molecular weight is 286 g/mol. The van der Waals surface area contributed by atoms with Crippen LogP contribution in [0.1, 0.15) is 38.3 Å². The molecule has 2 amide bonds. The van der Waals surface area contributed by atoms with E-state index in [0.717, 1.165) is 5.69 Å². The van der Waals surface area contributed by atoms with E-state index in [1.807, 2.05) is 32.0 Å². The van der Waals surface area contributed by atoms with Crippen LogP contribution in [0.5, 0.6) is 0 Å². The van der Waals surface area contributed by atoms with Crippen LogP contribution in [0.15, 0.2) is 24.3 Å². The normalized spacial score (nSPS) is 17.1. The van der Waals surface area contributed by atoms with E-state index in [1.54, 1.807) is 4.90 Å². The number of fused-ring (bicyclic) bond motifs is 1. The molecule has 21 heavy (non-hydrogen) atoms. The minimum absolute atomic E-state index is 0.107. The summed E-state index contributed by atoms with van der Waals surface area (Å²) in [7, 11) is 0. The first-order valence-electron chi connectivity index (χ1n) is 7.03. The largest absolute Gasteiger partial charge is 0.328 e. The Hall–Kier alpha value is -2.44. The van der Waals surface area contributed by atoms with Crippen molar-refractivity contribution in [1.82, 2.24) is 20.2 Å². The van der Waals surface area contributed by atoms with Crippen LogP contribution >= 0.6 is 0 Å². The van der Waals surface area contributed by atoms with Crippen molar-refractivity contribution in [2.45, 2.75) is 32.7 Å². The van der Waals surface area contributed by atoms with Crippen LogP contribution in [-0.4, -0.2) is 32.8 Å². The van der Waals surface area contributed by atoms with Gasteiger partial charge in [-0.1, -0.05) is 30.2 Å². The van der Waals surface area contributed by atoms with Crippen molar-refractivity contribution in [1.29, 1.82) is 0 Å². The quantitative estimate of drug-likeness (QED) is 0.919. The molecule has 2 heterocycles. The molecule has 0 bridgehead atoms. The number of benzene rings is 1. The molecule has 1 unspecified atom stereocenters. The number of hydrogen-bond donors (Lipinski definition) is 1. The summed E-state index contributed by atoms with van der Waals surface area (Å²) < 4.78 is 0. The molecule has 0 aliphatic carbocycles. The average Bonchev–Trinajstić information content (AvgIpc) is 3.05. The lowest BCUT2D eigenvalue weighted by atomic mass is 10.0. The molecule has 0 spiro atoms. The second kappa shape index (κ2) is 5.16. The summed E-state index contributed by atoms with van der Waals surface area (Å²) in [4.78, 5) is 15.6. The SMILES string of the molecule is CC1CN(C(=O)Nc2nnn(C(C)C)n2)c2ccccc21. The van der Waals surface area contributed by atoms with Crippen LogP contribution in [0.25, 0.3) is 0 Å². The van der Waals surface area contributed by atoms with Crippen LogP contribution in [-0.2, 0) is 0 Å². The monoisotopic (exact) mass is 286 g/mol. The second-order valence-electron chi connectivity index (χ2n) is 5.53. The fourth-order valence-corrected chi connectivity index (χ4v) is 2.47. The van der Waals surface area contributed by atoms with Crippen LogP contribution < -0.4 is 10.2 Å². The zero-order chi connectivity index (χ0) is 15.0. The van der Waals surface area contributed by atoms with Gasteiger partial charge in [-0.05, 0) is 30.7 Å². The van der Waals surface area contributed by atoms with Crippen molar-refractivity contribution in [3.05, 3.63) is 29.8 Å². The number of nitrogens with one attached hydrogen (secondary N) is 1. The Labute approximate surface area is 122 Å². The number of rotatable bonds is 2. The highest BCUT2D eigenvalue weighted by atomic mass is 16.2. The Kier molecular flexibility index (Phi) is 3.32. The molecule has 110 valence electrons. The summed E-state index contributed by atoms with van der Waals surface area (Å²) in [5.41, 5.74) is 2.13. The molecular weight excluding hydrogens is 268 g/mol. The summed E-state index contributed by atoms with van der Waals surface area (Å²) in [6.07, 6.45) is 0. The van der Waals surface area contributed by atoms with Gasteiger partial charge in [0, 0.05) is 18.2 Å². The Bertz CT molecular complexity index is 665. The maximum atomic E-state index is 12.4. The fraction of sp³-hybridized carbons (Fsp3) is 0.429. The van der Waals surface area contributed by atoms with Crippen molar-refractivity contribution in [2.24, 2.45) is 0 Å². The third-order valence-corrected chi connectivity index (χ3v) is 3.57. The van der Waals surface area contributed by atoms with Crippen LogP contribution in [0.2, 0.25) is 0 Å². The van der Waals surface area contributed by atoms with Gasteiger partial charge in [-0.25, -0.2) is 4.79 Å². The highest BCUT2D eigenvalue weighted by Gasteiger charge is 2.29. The number of aromatic nitrogens is 4. The molecule has 0 fully saturated rings. The standard InChI is InChI=1S/C14H18N6O/c1-9(2)20-17-13(16-18-20)15-14(21)19-8-10(3)11-6-4-5-7-12(11)19/h4-7,9-10H,8H2,1-3H3,(H,15,17,21). The number of carbonyl (C=O) groups excluding carboxylic acids is 1. The molecule has 1 atom stereocenters. The van der Waals surface area contributed by atoms with Crippen molar-refractivity contribution >= 4 is 17.7 Å². The van der Waals surface area contributed by atoms with Crippen molar-refractivity contribution < 1.29 is 4.79 Å². The lowest BCUT2D eigenvalue weighted by Crippen LogP contribution is -2.34. The number of anilines is 2. The van der Waals surface area contributed by atoms with Crippen LogP contribution in [0.3, 0.4) is 0 Å². The van der Waals surface area contributed by atoms with Gasteiger partial charge in [-0.3, -0.25) is 10.2 Å². The number of amides is 2. The highest BCUT2D eigenvalue weighted by molar-refractivity contribution is 6.02. The summed E-state index contributed by atoms with van der Waals surface area (Å²) in [5, 5.41) is 14.6. The van der Waals surface area contributed by atoms with Gasteiger partial charge in [0.2, 0.25) is 0 Å². The Morgan fingerprint density at radius 1 is 1.38 bits per heavy atom. The fourth-order valence-electron chi connectivity index (χ4n) is 2.47. The van der Waals surface area contributed by atoms with Crippen LogP contribution in [0.4, 0.5) is 16.4 Å². The van der Waals surface area contributed by atoms with E-state index in [-0.39, 0.29) is 18.0 Å². The summed E-state index contributed by atoms with van der Waals surface area (Å²) in [6, 6.07) is 7.82. The molecule has 1 aliphatic heterocycles. The number of carbonyl (C=O) groups is 1. The number of urea groups is 1. The lowest BCUT2D eigenvalue weighted by molar-refractivity contribution is 0.257. The number of para-hydroxylation sites is 1. The maximum absolute atomic E-state index is 12.4. The number of hydrogen-bond acceptors (Lipinski definition) is 4. The van der Waals surface area contributed by atoms with Gasteiger partial charge in [0.15, 0.2) is 0 Å². The Balaban J connectivity index is 1.77. The Morgan fingerprint density at radius 3 is 2.86 bits per heavy atom.